The van der Waals surface area contributed by atoms with Crippen molar-refractivity contribution in [2.75, 3.05) is 5.75 Å². The molecule has 31 heavy (non-hydrogen) atoms. The first-order valence-electron chi connectivity index (χ1n) is 11.1. The Morgan fingerprint density at radius 3 is 2.42 bits per heavy atom. The summed E-state index contributed by atoms with van der Waals surface area (Å²) < 4.78 is 2.24. The lowest BCUT2D eigenvalue weighted by Gasteiger charge is -2.25. The maximum Gasteiger partial charge on any atom is 0.230 e. The molecule has 0 bridgehead atoms. The van der Waals surface area contributed by atoms with E-state index in [4.69, 9.17) is 0 Å². The van der Waals surface area contributed by atoms with Crippen molar-refractivity contribution in [2.24, 2.45) is 0 Å². The third kappa shape index (κ3) is 5.37. The zero-order chi connectivity index (χ0) is 21.6. The van der Waals surface area contributed by atoms with Gasteiger partial charge in [-0.2, -0.15) is 0 Å². The Morgan fingerprint density at radius 2 is 1.71 bits per heavy atom. The Bertz CT molecular complexity index is 994. The monoisotopic (exact) mass is 434 g/mol. The van der Waals surface area contributed by atoms with Crippen molar-refractivity contribution < 1.29 is 4.79 Å². The van der Waals surface area contributed by atoms with Crippen molar-refractivity contribution >= 4 is 17.7 Å². The zero-order valence-electron chi connectivity index (χ0n) is 18.3. The lowest BCUT2D eigenvalue weighted by Crippen LogP contribution is -2.28. The zero-order valence-corrected chi connectivity index (χ0v) is 19.1. The molecule has 6 heteroatoms. The van der Waals surface area contributed by atoms with Crippen LogP contribution in [-0.2, 0) is 4.79 Å². The van der Waals surface area contributed by atoms with E-state index >= 15 is 0 Å². The minimum Gasteiger partial charge on any atom is -0.349 e. The second kappa shape index (κ2) is 10.1. The van der Waals surface area contributed by atoms with E-state index in [-0.39, 0.29) is 11.9 Å². The van der Waals surface area contributed by atoms with E-state index in [0.717, 1.165) is 16.5 Å². The molecule has 1 aliphatic carbocycles. The maximum atomic E-state index is 12.6. The molecule has 1 fully saturated rings. The van der Waals surface area contributed by atoms with Crippen LogP contribution in [-0.4, -0.2) is 26.4 Å². The molecule has 1 aromatic heterocycles. The van der Waals surface area contributed by atoms with E-state index in [2.05, 4.69) is 56.5 Å². The number of thioether (sulfide) groups is 1. The lowest BCUT2D eigenvalue weighted by molar-refractivity contribution is -0.119. The average molecular weight is 435 g/mol. The van der Waals surface area contributed by atoms with Crippen LogP contribution in [0.15, 0.2) is 59.8 Å². The molecule has 2 aromatic carbocycles. The quantitative estimate of drug-likeness (QED) is 0.483. The Labute approximate surface area is 188 Å². The lowest BCUT2D eigenvalue weighted by atomic mass is 9.95. The van der Waals surface area contributed by atoms with Crippen molar-refractivity contribution in [1.82, 2.24) is 20.1 Å². The number of amides is 1. The van der Waals surface area contributed by atoms with Crippen molar-refractivity contribution in [3.05, 3.63) is 66.0 Å². The van der Waals surface area contributed by atoms with Crippen LogP contribution in [0, 0.1) is 6.92 Å². The Kier molecular flexibility index (Phi) is 7.07. The van der Waals surface area contributed by atoms with Crippen LogP contribution >= 0.6 is 11.8 Å². The molecule has 1 amide bonds. The predicted octanol–water partition coefficient (Wildman–Crippen LogP) is 5.73. The van der Waals surface area contributed by atoms with Crippen molar-refractivity contribution in [3.63, 3.8) is 0 Å². The topological polar surface area (TPSA) is 59.8 Å². The fourth-order valence-corrected chi connectivity index (χ4v) is 5.16. The second-order valence-electron chi connectivity index (χ2n) is 8.26. The summed E-state index contributed by atoms with van der Waals surface area (Å²) in [5.74, 6) is 1.30. The summed E-state index contributed by atoms with van der Waals surface area (Å²) in [5, 5.41) is 12.6. The maximum absolute atomic E-state index is 12.6. The number of carbonyl (C=O) groups excluding carboxylic acids is 1. The largest absolute Gasteiger partial charge is 0.349 e. The molecule has 0 saturated heterocycles. The number of hydrogen-bond acceptors (Lipinski definition) is 4. The summed E-state index contributed by atoms with van der Waals surface area (Å²) in [6.07, 6.45) is 6.18. The van der Waals surface area contributed by atoms with Gasteiger partial charge in [0.05, 0.1) is 11.8 Å². The van der Waals surface area contributed by atoms with E-state index in [0.29, 0.717) is 11.8 Å². The highest BCUT2D eigenvalue weighted by atomic mass is 32.2. The molecular weight excluding hydrogens is 404 g/mol. The van der Waals surface area contributed by atoms with E-state index in [1.165, 1.54) is 55.0 Å². The van der Waals surface area contributed by atoms with Gasteiger partial charge in [0.2, 0.25) is 5.91 Å². The molecular formula is C25H30N4OS. The summed E-state index contributed by atoms with van der Waals surface area (Å²) >= 11 is 1.48. The first kappa shape index (κ1) is 21.6. The van der Waals surface area contributed by atoms with Gasteiger partial charge in [0.15, 0.2) is 5.16 Å². The number of nitrogens with zero attached hydrogens (tertiary/aromatic N) is 3. The molecule has 1 saturated carbocycles. The molecule has 1 aliphatic rings. The van der Waals surface area contributed by atoms with Gasteiger partial charge in [0.25, 0.3) is 0 Å². The number of aromatic nitrogens is 3. The Balaban J connectivity index is 1.33. The van der Waals surface area contributed by atoms with Gasteiger partial charge in [-0.05, 0) is 43.4 Å². The third-order valence-electron chi connectivity index (χ3n) is 6.00. The molecule has 3 aromatic rings. The molecule has 162 valence electrons. The number of nitrogens with one attached hydrogen (secondary N) is 1. The highest BCUT2D eigenvalue weighted by molar-refractivity contribution is 7.99. The second-order valence-corrected chi connectivity index (χ2v) is 9.20. The molecule has 4 rings (SSSR count). The standard InChI is InChI=1S/C25H30N4OS/c1-18(20-13-15-22(16-14-20)21-9-5-3-6-10-21)26-24(30)17-31-25-28-27-19(2)29(25)23-11-7-4-8-12-23/h3,5-6,9-10,13-16,18,23H,4,7-8,11-12,17H2,1-2H3,(H,26,30)/t18-/m1/s1. The highest BCUT2D eigenvalue weighted by Gasteiger charge is 2.22. The smallest absolute Gasteiger partial charge is 0.230 e. The number of benzene rings is 2. The average Bonchev–Trinajstić information content (AvgIpc) is 3.19. The number of carbonyl (C=O) groups is 1. The number of rotatable bonds is 7. The van der Waals surface area contributed by atoms with Crippen molar-refractivity contribution in [3.8, 4) is 11.1 Å². The Hall–Kier alpha value is -2.60. The predicted molar refractivity (Wildman–Crippen MR) is 126 cm³/mol. The van der Waals surface area contributed by atoms with Gasteiger partial charge < -0.3 is 9.88 Å². The van der Waals surface area contributed by atoms with Gasteiger partial charge in [-0.25, -0.2) is 0 Å². The van der Waals surface area contributed by atoms with E-state index in [1.807, 2.05) is 32.0 Å². The molecule has 1 atom stereocenters. The molecule has 0 unspecified atom stereocenters. The number of hydrogen-bond donors (Lipinski definition) is 1. The number of aryl methyl sites for hydroxylation is 1. The van der Waals surface area contributed by atoms with E-state index in [9.17, 15) is 4.79 Å². The highest BCUT2D eigenvalue weighted by Crippen LogP contribution is 2.32. The molecule has 0 radical (unpaired) electrons. The van der Waals surface area contributed by atoms with Crippen LogP contribution in [0.5, 0.6) is 0 Å². The van der Waals surface area contributed by atoms with Crippen LogP contribution in [0.4, 0.5) is 0 Å². The molecule has 0 aliphatic heterocycles. The van der Waals surface area contributed by atoms with Crippen LogP contribution in [0.3, 0.4) is 0 Å². The first-order valence-corrected chi connectivity index (χ1v) is 12.1. The first-order chi connectivity index (χ1) is 15.1. The normalized spacial score (nSPS) is 15.5. The summed E-state index contributed by atoms with van der Waals surface area (Å²) in [6.45, 7) is 4.03. The van der Waals surface area contributed by atoms with Gasteiger partial charge in [0.1, 0.15) is 5.82 Å². The van der Waals surface area contributed by atoms with Gasteiger partial charge in [-0.3, -0.25) is 4.79 Å². The van der Waals surface area contributed by atoms with Crippen LogP contribution in [0.25, 0.3) is 11.1 Å². The van der Waals surface area contributed by atoms with Crippen molar-refractivity contribution in [2.45, 2.75) is 63.2 Å². The van der Waals surface area contributed by atoms with Gasteiger partial charge >= 0.3 is 0 Å². The summed E-state index contributed by atoms with van der Waals surface area (Å²) in [7, 11) is 0. The molecule has 1 heterocycles. The summed E-state index contributed by atoms with van der Waals surface area (Å²) in [5.41, 5.74) is 3.47. The SMILES string of the molecule is Cc1nnc(SCC(=O)N[C@H](C)c2ccc(-c3ccccc3)cc2)n1C1CCCCC1. The van der Waals surface area contributed by atoms with Crippen molar-refractivity contribution in [1.29, 1.82) is 0 Å². The van der Waals surface area contributed by atoms with Crippen LogP contribution in [0.1, 0.15) is 62.5 Å². The van der Waals surface area contributed by atoms with Crippen LogP contribution < -0.4 is 5.32 Å². The van der Waals surface area contributed by atoms with Crippen LogP contribution in [0.2, 0.25) is 0 Å². The minimum atomic E-state index is -0.0455. The summed E-state index contributed by atoms with van der Waals surface area (Å²) in [4.78, 5) is 12.6. The Morgan fingerprint density at radius 1 is 1.03 bits per heavy atom. The fraction of sp³-hybridized carbons (Fsp3) is 0.400. The molecule has 5 nitrogen and oxygen atoms in total. The van der Waals surface area contributed by atoms with E-state index < -0.39 is 0 Å². The van der Waals surface area contributed by atoms with E-state index in [1.54, 1.807) is 0 Å². The van der Waals surface area contributed by atoms with Gasteiger partial charge in [-0.1, -0.05) is 85.6 Å². The molecule has 1 N–H and O–H groups in total. The molecule has 0 spiro atoms. The fourth-order valence-electron chi connectivity index (χ4n) is 4.30. The minimum absolute atomic E-state index is 0.0143. The third-order valence-corrected chi connectivity index (χ3v) is 6.95. The summed E-state index contributed by atoms with van der Waals surface area (Å²) in [6, 6.07) is 19.1. The van der Waals surface area contributed by atoms with Gasteiger partial charge in [0, 0.05) is 6.04 Å². The van der Waals surface area contributed by atoms with Gasteiger partial charge in [-0.15, -0.1) is 10.2 Å².